The molecule has 1 aliphatic carbocycles. The lowest BCUT2D eigenvalue weighted by atomic mass is 9.83. The van der Waals surface area contributed by atoms with E-state index in [4.69, 9.17) is 4.74 Å². The molecule has 0 aromatic heterocycles. The molecule has 0 radical (unpaired) electrons. The van der Waals surface area contributed by atoms with E-state index in [1.165, 1.54) is 12.0 Å². The fourth-order valence-electron chi connectivity index (χ4n) is 7.58. The molecule has 42 heavy (non-hydrogen) atoms. The monoisotopic (exact) mass is 573 g/mol. The van der Waals surface area contributed by atoms with Crippen molar-refractivity contribution in [3.8, 4) is 5.75 Å². The van der Waals surface area contributed by atoms with Gasteiger partial charge in [-0.1, -0.05) is 73.9 Å². The molecule has 0 bridgehead atoms. The number of benzene rings is 2. The van der Waals surface area contributed by atoms with Gasteiger partial charge in [-0.3, -0.25) is 14.5 Å². The quantitative estimate of drug-likeness (QED) is 0.348. The fourth-order valence-corrected chi connectivity index (χ4v) is 7.58. The molecular formula is C35H47N3O4. The SMILES string of the molecule is C=CCN(C(=O)COc1ccccc1)C1CCN(C[C@H]2CN([C@@H](C(=O)O)C3CCCCC3)C[C@@H]2c2ccccc2)CC1. The Balaban J connectivity index is 1.21. The Morgan fingerprint density at radius 2 is 1.62 bits per heavy atom. The Kier molecular flexibility index (Phi) is 10.7. The maximum atomic E-state index is 13.1. The van der Waals surface area contributed by atoms with E-state index in [2.05, 4.69) is 46.7 Å². The lowest BCUT2D eigenvalue weighted by Crippen LogP contribution is -2.50. The van der Waals surface area contributed by atoms with Crippen LogP contribution >= 0.6 is 0 Å². The van der Waals surface area contributed by atoms with Gasteiger partial charge >= 0.3 is 5.97 Å². The number of carbonyl (C=O) groups is 2. The number of nitrogens with zero attached hydrogens (tertiary/aromatic N) is 3. The van der Waals surface area contributed by atoms with E-state index >= 15 is 0 Å². The molecule has 2 aromatic carbocycles. The van der Waals surface area contributed by atoms with Crippen molar-refractivity contribution in [2.24, 2.45) is 11.8 Å². The molecule has 1 N–H and O–H groups in total. The van der Waals surface area contributed by atoms with E-state index in [0.717, 1.165) is 71.2 Å². The van der Waals surface area contributed by atoms with Gasteiger partial charge in [-0.15, -0.1) is 6.58 Å². The number of aliphatic carboxylic acids is 1. The zero-order valence-electron chi connectivity index (χ0n) is 24.9. The van der Waals surface area contributed by atoms with Crippen LogP contribution in [-0.2, 0) is 9.59 Å². The number of ether oxygens (including phenoxy) is 1. The van der Waals surface area contributed by atoms with E-state index in [1.807, 2.05) is 35.2 Å². The summed E-state index contributed by atoms with van der Waals surface area (Å²) in [5.74, 6) is 0.990. The first-order chi connectivity index (χ1) is 20.5. The average Bonchev–Trinajstić information content (AvgIpc) is 3.43. The van der Waals surface area contributed by atoms with Gasteiger partial charge in [0, 0.05) is 51.2 Å². The number of likely N-dealkylation sites (tertiary alicyclic amines) is 2. The van der Waals surface area contributed by atoms with Crippen molar-refractivity contribution < 1.29 is 19.4 Å². The van der Waals surface area contributed by atoms with Crippen molar-refractivity contribution in [2.45, 2.75) is 62.9 Å². The van der Waals surface area contributed by atoms with Crippen molar-refractivity contribution in [1.29, 1.82) is 0 Å². The van der Waals surface area contributed by atoms with Gasteiger partial charge in [0.2, 0.25) is 0 Å². The second-order valence-electron chi connectivity index (χ2n) is 12.4. The van der Waals surface area contributed by atoms with Crippen LogP contribution in [0.2, 0.25) is 0 Å². The molecule has 7 nitrogen and oxygen atoms in total. The van der Waals surface area contributed by atoms with E-state index in [0.29, 0.717) is 24.1 Å². The number of carbonyl (C=O) groups excluding carboxylic acids is 1. The molecule has 1 saturated carbocycles. The lowest BCUT2D eigenvalue weighted by Gasteiger charge is -2.39. The van der Waals surface area contributed by atoms with Crippen LogP contribution in [0.1, 0.15) is 56.4 Å². The van der Waals surface area contributed by atoms with Crippen LogP contribution in [0.4, 0.5) is 0 Å². The lowest BCUT2D eigenvalue weighted by molar-refractivity contribution is -0.145. The van der Waals surface area contributed by atoms with Gasteiger partial charge in [0.25, 0.3) is 5.91 Å². The predicted octanol–water partition coefficient (Wildman–Crippen LogP) is 5.29. The molecule has 2 saturated heterocycles. The minimum Gasteiger partial charge on any atom is -0.484 e. The first-order valence-electron chi connectivity index (χ1n) is 15.9. The van der Waals surface area contributed by atoms with E-state index < -0.39 is 5.97 Å². The number of rotatable bonds is 12. The highest BCUT2D eigenvalue weighted by Crippen LogP contribution is 2.38. The standard InChI is InChI=1S/C35H47N3O4/c1-2-20-38(33(39)26-42-31-16-10-5-11-17-31)30-18-21-36(22-19-30)23-29-24-37(25-32(29)27-12-6-3-7-13-27)34(35(40)41)28-14-8-4-9-15-28/h2-3,5-7,10-13,16-17,28-30,32,34H,1,4,8-9,14-15,18-26H2,(H,40,41)/t29-,32+,34+/m0/s1. The molecule has 3 fully saturated rings. The molecule has 1 amide bonds. The number of hydrogen-bond donors (Lipinski definition) is 1. The molecule has 226 valence electrons. The van der Waals surface area contributed by atoms with Crippen LogP contribution in [0, 0.1) is 11.8 Å². The number of hydrogen-bond acceptors (Lipinski definition) is 5. The number of piperidine rings is 1. The van der Waals surface area contributed by atoms with Crippen molar-refractivity contribution >= 4 is 11.9 Å². The summed E-state index contributed by atoms with van der Waals surface area (Å²) >= 11 is 0. The minimum absolute atomic E-state index is 0.00444. The van der Waals surface area contributed by atoms with Crippen LogP contribution in [0.15, 0.2) is 73.3 Å². The van der Waals surface area contributed by atoms with Gasteiger partial charge in [-0.25, -0.2) is 0 Å². The summed E-state index contributed by atoms with van der Waals surface area (Å²) in [6, 6.07) is 19.9. The van der Waals surface area contributed by atoms with Crippen molar-refractivity contribution in [1.82, 2.24) is 14.7 Å². The van der Waals surface area contributed by atoms with E-state index in [1.54, 1.807) is 6.08 Å². The van der Waals surface area contributed by atoms with Crippen molar-refractivity contribution in [2.75, 3.05) is 45.9 Å². The zero-order chi connectivity index (χ0) is 29.3. The molecule has 5 rings (SSSR count). The third-order valence-corrected chi connectivity index (χ3v) is 9.68. The highest BCUT2D eigenvalue weighted by molar-refractivity contribution is 5.78. The van der Waals surface area contributed by atoms with Gasteiger partial charge in [0.15, 0.2) is 6.61 Å². The first kappa shape index (κ1) is 30.3. The minimum atomic E-state index is -0.654. The molecule has 0 unspecified atom stereocenters. The largest absolute Gasteiger partial charge is 0.484 e. The summed E-state index contributed by atoms with van der Waals surface area (Å²) in [7, 11) is 0. The van der Waals surface area contributed by atoms with Gasteiger partial charge in [0.1, 0.15) is 11.8 Å². The summed E-state index contributed by atoms with van der Waals surface area (Å²) in [4.78, 5) is 32.5. The second-order valence-corrected chi connectivity index (χ2v) is 12.4. The Morgan fingerprint density at radius 3 is 2.26 bits per heavy atom. The summed E-state index contributed by atoms with van der Waals surface area (Å²) < 4.78 is 5.76. The number of para-hydroxylation sites is 1. The smallest absolute Gasteiger partial charge is 0.321 e. The summed E-state index contributed by atoms with van der Waals surface area (Å²) in [6.45, 7) is 8.87. The Bertz CT molecular complexity index is 1150. The number of carboxylic acids is 1. The molecular weight excluding hydrogens is 526 g/mol. The third-order valence-electron chi connectivity index (χ3n) is 9.68. The van der Waals surface area contributed by atoms with Gasteiger partial charge in [-0.05, 0) is 55.2 Å². The molecule has 3 aliphatic rings. The zero-order valence-corrected chi connectivity index (χ0v) is 24.9. The van der Waals surface area contributed by atoms with Crippen LogP contribution < -0.4 is 4.74 Å². The summed E-state index contributed by atoms with van der Waals surface area (Å²) in [6.07, 6.45) is 9.20. The Labute approximate surface area is 251 Å². The number of amides is 1. The molecule has 7 heteroatoms. The normalized spacial score (nSPS) is 23.3. The van der Waals surface area contributed by atoms with Gasteiger partial charge < -0.3 is 19.6 Å². The Hall–Kier alpha value is -3.16. The Morgan fingerprint density at radius 1 is 0.952 bits per heavy atom. The maximum absolute atomic E-state index is 13.1. The predicted molar refractivity (Wildman–Crippen MR) is 166 cm³/mol. The first-order valence-corrected chi connectivity index (χ1v) is 15.9. The number of carboxylic acid groups (broad SMARTS) is 1. The van der Waals surface area contributed by atoms with Crippen LogP contribution in [0.25, 0.3) is 0 Å². The molecule has 0 spiro atoms. The molecule has 2 heterocycles. The summed E-state index contributed by atoms with van der Waals surface area (Å²) in [5.41, 5.74) is 1.31. The van der Waals surface area contributed by atoms with Gasteiger partial charge in [0.05, 0.1) is 0 Å². The second kappa shape index (κ2) is 14.8. The molecule has 3 atom stereocenters. The van der Waals surface area contributed by atoms with Crippen molar-refractivity contribution in [3.63, 3.8) is 0 Å². The maximum Gasteiger partial charge on any atom is 0.321 e. The molecule has 2 aromatic rings. The summed E-state index contributed by atoms with van der Waals surface area (Å²) in [5, 5.41) is 10.3. The average molecular weight is 574 g/mol. The fraction of sp³-hybridized carbons (Fsp3) is 0.543. The van der Waals surface area contributed by atoms with Crippen molar-refractivity contribution in [3.05, 3.63) is 78.9 Å². The van der Waals surface area contributed by atoms with Crippen LogP contribution in [0.5, 0.6) is 5.75 Å². The van der Waals surface area contributed by atoms with Crippen LogP contribution in [-0.4, -0.2) is 89.6 Å². The van der Waals surface area contributed by atoms with Gasteiger partial charge in [-0.2, -0.15) is 0 Å². The topological polar surface area (TPSA) is 73.3 Å². The third kappa shape index (κ3) is 7.61. The van der Waals surface area contributed by atoms with E-state index in [9.17, 15) is 14.7 Å². The highest BCUT2D eigenvalue weighted by atomic mass is 16.5. The van der Waals surface area contributed by atoms with Crippen LogP contribution in [0.3, 0.4) is 0 Å². The molecule has 2 aliphatic heterocycles. The highest BCUT2D eigenvalue weighted by Gasteiger charge is 2.43. The van der Waals surface area contributed by atoms with E-state index in [-0.39, 0.29) is 30.5 Å².